The van der Waals surface area contributed by atoms with Gasteiger partial charge in [0.1, 0.15) is 5.82 Å². The molecule has 3 rings (SSSR count). The van der Waals surface area contributed by atoms with Crippen LogP contribution in [-0.4, -0.2) is 6.54 Å². The molecule has 0 radical (unpaired) electrons. The van der Waals surface area contributed by atoms with Crippen molar-refractivity contribution in [1.82, 2.24) is 0 Å². The average Bonchev–Trinajstić information content (AvgIpc) is 2.81. The summed E-state index contributed by atoms with van der Waals surface area (Å²) >= 11 is 0. The molecule has 0 saturated heterocycles. The lowest BCUT2D eigenvalue weighted by Gasteiger charge is -2.20. The molecule has 2 aromatic carbocycles. The molecular weight excluding hydrogens is 227 g/mol. The van der Waals surface area contributed by atoms with Gasteiger partial charge in [0.2, 0.25) is 0 Å². The van der Waals surface area contributed by atoms with E-state index in [4.69, 9.17) is 5.73 Å². The van der Waals surface area contributed by atoms with Crippen LogP contribution in [-0.2, 0) is 13.0 Å². The van der Waals surface area contributed by atoms with Crippen molar-refractivity contribution in [2.75, 3.05) is 11.4 Å². The van der Waals surface area contributed by atoms with E-state index in [1.54, 1.807) is 6.07 Å². The highest BCUT2D eigenvalue weighted by Gasteiger charge is 2.20. The Morgan fingerprint density at radius 3 is 2.89 bits per heavy atom. The Balaban J connectivity index is 2.02. The summed E-state index contributed by atoms with van der Waals surface area (Å²) in [5, 5.41) is 0. The number of nitrogens with zero attached hydrogens (tertiary/aromatic N) is 1. The van der Waals surface area contributed by atoms with Crippen LogP contribution in [0.15, 0.2) is 42.5 Å². The lowest BCUT2D eigenvalue weighted by atomic mass is 10.1. The van der Waals surface area contributed by atoms with Crippen LogP contribution in [0.2, 0.25) is 0 Å². The van der Waals surface area contributed by atoms with E-state index >= 15 is 0 Å². The molecular formula is C15H15FN2. The average molecular weight is 242 g/mol. The van der Waals surface area contributed by atoms with E-state index in [0.717, 1.165) is 29.9 Å². The highest BCUT2D eigenvalue weighted by molar-refractivity contribution is 5.70. The van der Waals surface area contributed by atoms with E-state index < -0.39 is 0 Å². The van der Waals surface area contributed by atoms with E-state index in [2.05, 4.69) is 11.0 Å². The molecule has 2 N–H and O–H groups in total. The maximum atomic E-state index is 13.3. The normalized spacial score (nSPS) is 13.8. The minimum absolute atomic E-state index is 0.185. The quantitative estimate of drug-likeness (QED) is 0.877. The van der Waals surface area contributed by atoms with Gasteiger partial charge in [0.05, 0.1) is 0 Å². The van der Waals surface area contributed by atoms with Crippen LogP contribution in [0.25, 0.3) is 0 Å². The molecule has 1 aliphatic heterocycles. The molecule has 1 heterocycles. The minimum Gasteiger partial charge on any atom is -0.341 e. The predicted molar refractivity (Wildman–Crippen MR) is 71.4 cm³/mol. The number of hydrogen-bond acceptors (Lipinski definition) is 2. The summed E-state index contributed by atoms with van der Waals surface area (Å²) in [5.74, 6) is -0.185. The standard InChI is InChI=1S/C15H15FN2/c16-13-5-4-12-6-7-18(15(12)9-13)14-3-1-2-11(8-14)10-17/h1-5,8-9H,6-7,10,17H2. The molecule has 0 atom stereocenters. The van der Waals surface area contributed by atoms with E-state index in [-0.39, 0.29) is 5.82 Å². The summed E-state index contributed by atoms with van der Waals surface area (Å²) in [6.45, 7) is 1.42. The molecule has 0 unspecified atom stereocenters. The number of benzene rings is 2. The first kappa shape index (κ1) is 11.2. The monoisotopic (exact) mass is 242 g/mol. The maximum Gasteiger partial charge on any atom is 0.125 e. The van der Waals surface area contributed by atoms with Gasteiger partial charge in [0, 0.05) is 24.5 Å². The van der Waals surface area contributed by atoms with Gasteiger partial charge in [0.25, 0.3) is 0 Å². The molecule has 0 bridgehead atoms. The Labute approximate surface area is 106 Å². The molecule has 0 amide bonds. The fraction of sp³-hybridized carbons (Fsp3) is 0.200. The summed E-state index contributed by atoms with van der Waals surface area (Å²) in [7, 11) is 0. The van der Waals surface area contributed by atoms with Crippen molar-refractivity contribution in [3.05, 3.63) is 59.4 Å². The van der Waals surface area contributed by atoms with Crippen molar-refractivity contribution in [2.45, 2.75) is 13.0 Å². The summed E-state index contributed by atoms with van der Waals surface area (Å²) in [5.41, 5.74) is 10.0. The number of fused-ring (bicyclic) bond motifs is 1. The van der Waals surface area contributed by atoms with Gasteiger partial charge in [-0.2, -0.15) is 0 Å². The Morgan fingerprint density at radius 1 is 1.17 bits per heavy atom. The van der Waals surface area contributed by atoms with Crippen molar-refractivity contribution in [2.24, 2.45) is 5.73 Å². The topological polar surface area (TPSA) is 29.3 Å². The molecule has 0 fully saturated rings. The molecule has 18 heavy (non-hydrogen) atoms. The second-order valence-corrected chi connectivity index (χ2v) is 4.55. The second kappa shape index (κ2) is 4.42. The maximum absolute atomic E-state index is 13.3. The van der Waals surface area contributed by atoms with Gasteiger partial charge in [-0.05, 0) is 41.8 Å². The van der Waals surface area contributed by atoms with Gasteiger partial charge >= 0.3 is 0 Å². The highest BCUT2D eigenvalue weighted by Crippen LogP contribution is 2.35. The van der Waals surface area contributed by atoms with Gasteiger partial charge in [-0.15, -0.1) is 0 Å². The summed E-state index contributed by atoms with van der Waals surface area (Å²) < 4.78 is 13.3. The van der Waals surface area contributed by atoms with Gasteiger partial charge in [-0.25, -0.2) is 4.39 Å². The van der Waals surface area contributed by atoms with Crippen LogP contribution < -0.4 is 10.6 Å². The molecule has 0 spiro atoms. The lowest BCUT2D eigenvalue weighted by molar-refractivity contribution is 0.628. The van der Waals surface area contributed by atoms with Crippen molar-refractivity contribution >= 4 is 11.4 Å². The second-order valence-electron chi connectivity index (χ2n) is 4.55. The smallest absolute Gasteiger partial charge is 0.125 e. The van der Waals surface area contributed by atoms with Crippen molar-refractivity contribution < 1.29 is 4.39 Å². The zero-order chi connectivity index (χ0) is 12.5. The van der Waals surface area contributed by atoms with Crippen LogP contribution in [0, 0.1) is 5.82 Å². The Morgan fingerprint density at radius 2 is 2.06 bits per heavy atom. The molecule has 0 aliphatic carbocycles. The Kier molecular flexibility index (Phi) is 2.76. The third-order valence-electron chi connectivity index (χ3n) is 3.40. The number of nitrogens with two attached hydrogens (primary N) is 1. The van der Waals surface area contributed by atoms with Crippen LogP contribution in [0.3, 0.4) is 0 Å². The van der Waals surface area contributed by atoms with Crippen LogP contribution in [0.1, 0.15) is 11.1 Å². The Hall–Kier alpha value is -1.87. The number of rotatable bonds is 2. The van der Waals surface area contributed by atoms with E-state index in [1.165, 1.54) is 11.6 Å². The Bertz CT molecular complexity index is 580. The zero-order valence-electron chi connectivity index (χ0n) is 10.1. The number of anilines is 2. The minimum atomic E-state index is -0.185. The SMILES string of the molecule is NCc1cccc(N2CCc3ccc(F)cc32)c1. The van der Waals surface area contributed by atoms with E-state index in [1.807, 2.05) is 24.3 Å². The van der Waals surface area contributed by atoms with Gasteiger partial charge < -0.3 is 10.6 Å². The molecule has 0 saturated carbocycles. The van der Waals surface area contributed by atoms with E-state index in [0.29, 0.717) is 6.54 Å². The predicted octanol–water partition coefficient (Wildman–Crippen LogP) is 2.98. The van der Waals surface area contributed by atoms with Crippen LogP contribution in [0.5, 0.6) is 0 Å². The molecule has 3 heteroatoms. The number of hydrogen-bond donors (Lipinski definition) is 1. The van der Waals surface area contributed by atoms with Crippen molar-refractivity contribution in [1.29, 1.82) is 0 Å². The van der Waals surface area contributed by atoms with Gasteiger partial charge in [-0.1, -0.05) is 18.2 Å². The molecule has 92 valence electrons. The zero-order valence-corrected chi connectivity index (χ0v) is 10.1. The fourth-order valence-corrected chi connectivity index (χ4v) is 2.47. The lowest BCUT2D eigenvalue weighted by Crippen LogP contribution is -2.13. The molecule has 2 aromatic rings. The van der Waals surface area contributed by atoms with Crippen molar-refractivity contribution in [3.8, 4) is 0 Å². The van der Waals surface area contributed by atoms with E-state index in [9.17, 15) is 4.39 Å². The summed E-state index contributed by atoms with van der Waals surface area (Å²) in [6.07, 6.45) is 0.961. The number of halogens is 1. The molecule has 0 aromatic heterocycles. The highest BCUT2D eigenvalue weighted by atomic mass is 19.1. The first-order valence-electron chi connectivity index (χ1n) is 6.13. The first-order valence-corrected chi connectivity index (χ1v) is 6.13. The van der Waals surface area contributed by atoms with Crippen molar-refractivity contribution in [3.63, 3.8) is 0 Å². The first-order chi connectivity index (χ1) is 8.78. The third-order valence-corrected chi connectivity index (χ3v) is 3.40. The van der Waals surface area contributed by atoms with Crippen LogP contribution >= 0.6 is 0 Å². The third kappa shape index (κ3) is 1.87. The molecule has 2 nitrogen and oxygen atoms in total. The summed E-state index contributed by atoms with van der Waals surface area (Å²) in [6, 6.07) is 13.1. The molecule has 1 aliphatic rings. The van der Waals surface area contributed by atoms with Gasteiger partial charge in [0.15, 0.2) is 0 Å². The summed E-state index contributed by atoms with van der Waals surface area (Å²) in [4.78, 5) is 2.15. The fourth-order valence-electron chi connectivity index (χ4n) is 2.47. The van der Waals surface area contributed by atoms with Gasteiger partial charge in [-0.3, -0.25) is 0 Å². The largest absolute Gasteiger partial charge is 0.341 e. The van der Waals surface area contributed by atoms with Crippen LogP contribution in [0.4, 0.5) is 15.8 Å².